The Morgan fingerprint density at radius 2 is 1.95 bits per heavy atom. The Balaban J connectivity index is 1.64. The highest BCUT2D eigenvalue weighted by Gasteiger charge is 2.33. The van der Waals surface area contributed by atoms with Crippen LogP contribution in [0.15, 0.2) is 18.2 Å². The first-order valence-electron chi connectivity index (χ1n) is 8.76. The van der Waals surface area contributed by atoms with Crippen LogP contribution in [0.3, 0.4) is 0 Å². The number of hydrogen-bond acceptors (Lipinski definition) is 3. The predicted octanol–water partition coefficient (Wildman–Crippen LogP) is 3.35. The fourth-order valence-electron chi connectivity index (χ4n) is 4.10. The van der Waals surface area contributed by atoms with Gasteiger partial charge in [-0.3, -0.25) is 9.88 Å². The van der Waals surface area contributed by atoms with E-state index in [1.165, 1.54) is 56.5 Å². The molecule has 0 unspecified atom stereocenters. The molecule has 1 saturated heterocycles. The Bertz CT molecular complexity index is 444. The quantitative estimate of drug-likeness (QED) is 0.900. The number of likely N-dealkylation sites (tertiary alicyclic amines) is 1. The molecule has 2 fully saturated rings. The second-order valence-corrected chi connectivity index (χ2v) is 6.63. The number of nitrogens with zero attached hydrogens (tertiary/aromatic N) is 2. The van der Waals surface area contributed by atoms with E-state index in [1.54, 1.807) is 0 Å². The van der Waals surface area contributed by atoms with Crippen LogP contribution in [0, 0.1) is 5.92 Å². The number of piperidine rings is 1. The lowest BCUT2D eigenvalue weighted by Gasteiger charge is -2.44. The lowest BCUT2D eigenvalue weighted by Crippen LogP contribution is -2.46. The van der Waals surface area contributed by atoms with Crippen molar-refractivity contribution in [2.24, 2.45) is 5.92 Å². The summed E-state index contributed by atoms with van der Waals surface area (Å²) in [6, 6.07) is 7.32. The van der Waals surface area contributed by atoms with Gasteiger partial charge in [-0.05, 0) is 56.8 Å². The van der Waals surface area contributed by atoms with E-state index in [0.29, 0.717) is 0 Å². The molecule has 1 aromatic rings. The molecule has 21 heavy (non-hydrogen) atoms. The maximum Gasteiger partial charge on any atom is 0.0547 e. The van der Waals surface area contributed by atoms with Crippen molar-refractivity contribution >= 4 is 0 Å². The summed E-state index contributed by atoms with van der Waals surface area (Å²) in [5, 5.41) is 3.36. The van der Waals surface area contributed by atoms with Crippen molar-refractivity contribution < 1.29 is 0 Å². The summed E-state index contributed by atoms with van der Waals surface area (Å²) in [7, 11) is 0. The Morgan fingerprint density at radius 3 is 2.86 bits per heavy atom. The number of hydrogen-bond donors (Lipinski definition) is 1. The zero-order chi connectivity index (χ0) is 14.5. The molecule has 2 aliphatic rings. The summed E-state index contributed by atoms with van der Waals surface area (Å²) in [4.78, 5) is 7.55. The minimum atomic E-state index is 0.826. The molecule has 2 heterocycles. The summed E-state index contributed by atoms with van der Waals surface area (Å²) >= 11 is 0. The molecule has 0 spiro atoms. The first-order chi connectivity index (χ1) is 10.4. The van der Waals surface area contributed by atoms with Crippen LogP contribution in [0.25, 0.3) is 0 Å². The van der Waals surface area contributed by atoms with Crippen molar-refractivity contribution in [1.29, 1.82) is 0 Å². The normalized spacial score (nSPS) is 26.5. The molecule has 116 valence electrons. The van der Waals surface area contributed by atoms with Gasteiger partial charge in [0.25, 0.3) is 0 Å². The van der Waals surface area contributed by atoms with Gasteiger partial charge < -0.3 is 5.32 Å². The molecule has 1 aliphatic carbocycles. The van der Waals surface area contributed by atoms with Crippen LogP contribution in [0.5, 0.6) is 0 Å². The van der Waals surface area contributed by atoms with Gasteiger partial charge in [0.15, 0.2) is 0 Å². The van der Waals surface area contributed by atoms with Gasteiger partial charge in [-0.2, -0.15) is 0 Å². The minimum Gasteiger partial charge on any atom is -0.311 e. The standard InChI is InChI=1S/C18H29N3/c1-2-19-13-16-9-5-10-17(20-16)14-21-12-6-8-15-7-3-4-11-18(15)21/h5,9-10,15,18-19H,2-4,6-8,11-14H2,1H3/t15-,18-/m1/s1. The van der Waals surface area contributed by atoms with Gasteiger partial charge in [-0.1, -0.05) is 25.8 Å². The third kappa shape index (κ3) is 3.83. The van der Waals surface area contributed by atoms with Gasteiger partial charge >= 0.3 is 0 Å². The number of nitrogens with one attached hydrogen (secondary N) is 1. The van der Waals surface area contributed by atoms with Gasteiger partial charge in [0, 0.05) is 19.1 Å². The van der Waals surface area contributed by atoms with E-state index in [0.717, 1.165) is 31.6 Å². The second kappa shape index (κ2) is 7.37. The summed E-state index contributed by atoms with van der Waals surface area (Å²) < 4.78 is 0. The van der Waals surface area contributed by atoms with Crippen LogP contribution in [0.4, 0.5) is 0 Å². The van der Waals surface area contributed by atoms with Crippen molar-refractivity contribution in [3.63, 3.8) is 0 Å². The molecule has 0 aromatic carbocycles. The first-order valence-corrected chi connectivity index (χ1v) is 8.76. The van der Waals surface area contributed by atoms with Gasteiger partial charge in [0.05, 0.1) is 11.4 Å². The van der Waals surface area contributed by atoms with E-state index in [1.807, 2.05) is 0 Å². The Morgan fingerprint density at radius 1 is 1.14 bits per heavy atom. The van der Waals surface area contributed by atoms with Gasteiger partial charge in [-0.25, -0.2) is 0 Å². The molecular weight excluding hydrogens is 258 g/mol. The Kier molecular flexibility index (Phi) is 5.26. The minimum absolute atomic E-state index is 0.826. The average Bonchev–Trinajstić information content (AvgIpc) is 2.54. The highest BCUT2D eigenvalue weighted by molar-refractivity contribution is 5.11. The molecule has 1 aromatic heterocycles. The molecule has 3 rings (SSSR count). The van der Waals surface area contributed by atoms with Crippen LogP contribution in [0.2, 0.25) is 0 Å². The third-order valence-electron chi connectivity index (χ3n) is 5.14. The molecule has 1 aliphatic heterocycles. The summed E-state index contributed by atoms with van der Waals surface area (Å²) in [5.41, 5.74) is 2.42. The maximum absolute atomic E-state index is 4.84. The average molecular weight is 287 g/mol. The van der Waals surface area contributed by atoms with Gasteiger partial charge in [0.2, 0.25) is 0 Å². The molecule has 3 nitrogen and oxygen atoms in total. The lowest BCUT2D eigenvalue weighted by atomic mass is 9.78. The summed E-state index contributed by atoms with van der Waals surface area (Å²) in [6.07, 6.45) is 8.56. The summed E-state index contributed by atoms with van der Waals surface area (Å²) in [6.45, 7) is 6.33. The smallest absolute Gasteiger partial charge is 0.0547 e. The fourth-order valence-corrected chi connectivity index (χ4v) is 4.10. The SMILES string of the molecule is CCNCc1cccc(CN2CCC[C@H]3CCCC[C@H]32)n1. The van der Waals surface area contributed by atoms with Crippen LogP contribution in [-0.2, 0) is 13.1 Å². The monoisotopic (exact) mass is 287 g/mol. The van der Waals surface area contributed by atoms with Crippen LogP contribution < -0.4 is 5.32 Å². The van der Waals surface area contributed by atoms with Crippen molar-refractivity contribution in [1.82, 2.24) is 15.2 Å². The molecule has 2 atom stereocenters. The molecule has 0 radical (unpaired) electrons. The van der Waals surface area contributed by atoms with Crippen LogP contribution in [-0.4, -0.2) is 29.0 Å². The highest BCUT2D eigenvalue weighted by Crippen LogP contribution is 2.35. The van der Waals surface area contributed by atoms with Gasteiger partial charge in [0.1, 0.15) is 0 Å². The molecule has 0 bridgehead atoms. The molecule has 3 heteroatoms. The third-order valence-corrected chi connectivity index (χ3v) is 5.14. The van der Waals surface area contributed by atoms with Crippen molar-refractivity contribution in [2.45, 2.75) is 64.6 Å². The number of rotatable bonds is 5. The van der Waals surface area contributed by atoms with E-state index >= 15 is 0 Å². The molecule has 0 amide bonds. The Hall–Kier alpha value is -0.930. The second-order valence-electron chi connectivity index (χ2n) is 6.63. The van der Waals surface area contributed by atoms with Crippen LogP contribution >= 0.6 is 0 Å². The number of fused-ring (bicyclic) bond motifs is 1. The molecular formula is C18H29N3. The van der Waals surface area contributed by atoms with E-state index in [4.69, 9.17) is 4.98 Å². The van der Waals surface area contributed by atoms with Gasteiger partial charge in [-0.15, -0.1) is 0 Å². The van der Waals surface area contributed by atoms with Crippen molar-refractivity contribution in [3.8, 4) is 0 Å². The molecule has 1 saturated carbocycles. The molecule has 1 N–H and O–H groups in total. The predicted molar refractivity (Wildman–Crippen MR) is 87.0 cm³/mol. The van der Waals surface area contributed by atoms with Crippen molar-refractivity contribution in [2.75, 3.05) is 13.1 Å². The van der Waals surface area contributed by atoms with Crippen molar-refractivity contribution in [3.05, 3.63) is 29.6 Å². The van der Waals surface area contributed by atoms with E-state index < -0.39 is 0 Å². The zero-order valence-corrected chi connectivity index (χ0v) is 13.4. The van der Waals surface area contributed by atoms with E-state index in [2.05, 4.69) is 35.3 Å². The lowest BCUT2D eigenvalue weighted by molar-refractivity contribution is 0.0537. The number of pyridine rings is 1. The van der Waals surface area contributed by atoms with E-state index in [-0.39, 0.29) is 0 Å². The zero-order valence-electron chi connectivity index (χ0n) is 13.4. The topological polar surface area (TPSA) is 28.2 Å². The van der Waals surface area contributed by atoms with Crippen LogP contribution in [0.1, 0.15) is 56.8 Å². The first kappa shape index (κ1) is 15.0. The fraction of sp³-hybridized carbons (Fsp3) is 0.722. The maximum atomic E-state index is 4.84. The van der Waals surface area contributed by atoms with E-state index in [9.17, 15) is 0 Å². The Labute approximate surface area is 129 Å². The highest BCUT2D eigenvalue weighted by atomic mass is 15.2. The summed E-state index contributed by atoms with van der Waals surface area (Å²) in [5.74, 6) is 0.956. The number of aromatic nitrogens is 1. The largest absolute Gasteiger partial charge is 0.311 e.